The SMILES string of the molecule is COc1ccc(C2(C)COC(=O)N2)cc1. The monoisotopic (exact) mass is 207 g/mol. The Morgan fingerprint density at radius 1 is 1.40 bits per heavy atom. The maximum Gasteiger partial charge on any atom is 0.408 e. The number of alkyl carbamates (subject to hydrolysis) is 1. The van der Waals surface area contributed by atoms with Crippen LogP contribution >= 0.6 is 0 Å². The van der Waals surface area contributed by atoms with E-state index in [1.165, 1.54) is 0 Å². The summed E-state index contributed by atoms with van der Waals surface area (Å²) >= 11 is 0. The molecule has 1 fully saturated rings. The molecule has 0 aromatic heterocycles. The van der Waals surface area contributed by atoms with Crippen molar-refractivity contribution in [1.82, 2.24) is 5.32 Å². The predicted octanol–water partition coefficient (Wildman–Crippen LogP) is 1.65. The molecule has 2 rings (SSSR count). The first-order valence-corrected chi connectivity index (χ1v) is 4.73. The lowest BCUT2D eigenvalue weighted by Crippen LogP contribution is -2.37. The third-order valence-electron chi connectivity index (χ3n) is 2.60. The van der Waals surface area contributed by atoms with Crippen molar-refractivity contribution in [2.45, 2.75) is 12.5 Å². The van der Waals surface area contributed by atoms with Crippen LogP contribution in [-0.4, -0.2) is 19.8 Å². The van der Waals surface area contributed by atoms with E-state index in [-0.39, 0.29) is 6.09 Å². The molecule has 1 aliphatic heterocycles. The molecule has 0 spiro atoms. The molecule has 1 aromatic rings. The van der Waals surface area contributed by atoms with Crippen molar-refractivity contribution in [3.63, 3.8) is 0 Å². The minimum Gasteiger partial charge on any atom is -0.497 e. The van der Waals surface area contributed by atoms with Gasteiger partial charge in [-0.15, -0.1) is 0 Å². The molecule has 1 unspecified atom stereocenters. The Kier molecular flexibility index (Phi) is 2.26. The number of rotatable bonds is 2. The van der Waals surface area contributed by atoms with Gasteiger partial charge in [-0.1, -0.05) is 12.1 Å². The maximum atomic E-state index is 11.0. The third-order valence-corrected chi connectivity index (χ3v) is 2.60. The van der Waals surface area contributed by atoms with Crippen LogP contribution in [0, 0.1) is 0 Å². The molecule has 1 aliphatic rings. The number of cyclic esters (lactones) is 1. The van der Waals surface area contributed by atoms with Gasteiger partial charge in [-0.3, -0.25) is 0 Å². The molecule has 1 atom stereocenters. The molecular formula is C11H13NO3. The second-order valence-corrected chi connectivity index (χ2v) is 3.76. The molecule has 1 saturated heterocycles. The Labute approximate surface area is 88.2 Å². The van der Waals surface area contributed by atoms with Crippen molar-refractivity contribution in [1.29, 1.82) is 0 Å². The normalized spacial score (nSPS) is 24.5. The summed E-state index contributed by atoms with van der Waals surface area (Å²) in [5.74, 6) is 0.799. The van der Waals surface area contributed by atoms with E-state index in [2.05, 4.69) is 5.32 Å². The van der Waals surface area contributed by atoms with Gasteiger partial charge in [0.25, 0.3) is 0 Å². The number of hydrogen-bond acceptors (Lipinski definition) is 3. The van der Waals surface area contributed by atoms with Crippen LogP contribution in [0.5, 0.6) is 5.75 Å². The lowest BCUT2D eigenvalue weighted by molar-refractivity contribution is 0.173. The minimum atomic E-state index is -0.427. The highest BCUT2D eigenvalue weighted by Gasteiger charge is 2.36. The number of nitrogens with one attached hydrogen (secondary N) is 1. The second-order valence-electron chi connectivity index (χ2n) is 3.76. The summed E-state index contributed by atoms with van der Waals surface area (Å²) < 4.78 is 9.97. The molecule has 0 aliphatic carbocycles. The smallest absolute Gasteiger partial charge is 0.408 e. The Balaban J connectivity index is 2.25. The molecule has 80 valence electrons. The largest absolute Gasteiger partial charge is 0.497 e. The van der Waals surface area contributed by atoms with Crippen LogP contribution in [0.2, 0.25) is 0 Å². The van der Waals surface area contributed by atoms with E-state index < -0.39 is 5.54 Å². The average molecular weight is 207 g/mol. The number of benzene rings is 1. The van der Waals surface area contributed by atoms with Crippen LogP contribution in [0.25, 0.3) is 0 Å². The Hall–Kier alpha value is -1.71. The van der Waals surface area contributed by atoms with Gasteiger partial charge in [0, 0.05) is 0 Å². The first kappa shape index (κ1) is 9.83. The van der Waals surface area contributed by atoms with Gasteiger partial charge in [-0.05, 0) is 24.6 Å². The van der Waals surface area contributed by atoms with Gasteiger partial charge >= 0.3 is 6.09 Å². The van der Waals surface area contributed by atoms with Gasteiger partial charge in [0.2, 0.25) is 0 Å². The van der Waals surface area contributed by atoms with E-state index >= 15 is 0 Å². The van der Waals surface area contributed by atoms with Crippen molar-refractivity contribution >= 4 is 6.09 Å². The van der Waals surface area contributed by atoms with E-state index in [4.69, 9.17) is 9.47 Å². The first-order chi connectivity index (χ1) is 7.14. The zero-order valence-corrected chi connectivity index (χ0v) is 8.74. The standard InChI is InChI=1S/C11H13NO3/c1-11(7-15-10(13)12-11)8-3-5-9(14-2)6-4-8/h3-6H,7H2,1-2H3,(H,12,13). The van der Waals surface area contributed by atoms with E-state index in [1.807, 2.05) is 31.2 Å². The van der Waals surface area contributed by atoms with Gasteiger partial charge in [-0.2, -0.15) is 0 Å². The highest BCUT2D eigenvalue weighted by Crippen LogP contribution is 2.26. The maximum absolute atomic E-state index is 11.0. The van der Waals surface area contributed by atoms with Crippen LogP contribution in [0.3, 0.4) is 0 Å². The number of carbonyl (C=O) groups excluding carboxylic acids is 1. The summed E-state index contributed by atoms with van der Waals surface area (Å²) in [7, 11) is 1.62. The van der Waals surface area contributed by atoms with Gasteiger partial charge in [0.05, 0.1) is 12.6 Å². The Bertz CT molecular complexity index is 374. The number of carbonyl (C=O) groups is 1. The van der Waals surface area contributed by atoms with E-state index in [0.717, 1.165) is 11.3 Å². The van der Waals surface area contributed by atoms with Gasteiger partial charge < -0.3 is 14.8 Å². The van der Waals surface area contributed by atoms with E-state index in [9.17, 15) is 4.79 Å². The van der Waals surface area contributed by atoms with Crippen molar-refractivity contribution in [3.05, 3.63) is 29.8 Å². The average Bonchev–Trinajstić information content (AvgIpc) is 2.60. The van der Waals surface area contributed by atoms with Crippen molar-refractivity contribution < 1.29 is 14.3 Å². The second kappa shape index (κ2) is 3.46. The predicted molar refractivity (Wildman–Crippen MR) is 54.8 cm³/mol. The molecule has 0 saturated carbocycles. The molecule has 1 amide bonds. The number of ether oxygens (including phenoxy) is 2. The van der Waals surface area contributed by atoms with Crippen LogP contribution in [0.4, 0.5) is 4.79 Å². The molecule has 0 radical (unpaired) electrons. The van der Waals surface area contributed by atoms with Gasteiger partial charge in [0.15, 0.2) is 0 Å². The minimum absolute atomic E-state index is 0.359. The molecule has 4 nitrogen and oxygen atoms in total. The summed E-state index contributed by atoms with van der Waals surface area (Å²) in [5, 5.41) is 2.78. The van der Waals surface area contributed by atoms with Crippen molar-refractivity contribution in [2.75, 3.05) is 13.7 Å². The fourth-order valence-corrected chi connectivity index (χ4v) is 1.62. The quantitative estimate of drug-likeness (QED) is 0.802. The van der Waals surface area contributed by atoms with Crippen LogP contribution in [0.1, 0.15) is 12.5 Å². The Morgan fingerprint density at radius 3 is 2.53 bits per heavy atom. The lowest BCUT2D eigenvalue weighted by atomic mass is 9.94. The summed E-state index contributed by atoms with van der Waals surface area (Å²) in [5.41, 5.74) is 0.581. The summed E-state index contributed by atoms with van der Waals surface area (Å²) in [4.78, 5) is 11.0. The number of methoxy groups -OCH3 is 1. The van der Waals surface area contributed by atoms with Crippen LogP contribution in [0.15, 0.2) is 24.3 Å². The van der Waals surface area contributed by atoms with Crippen molar-refractivity contribution in [3.8, 4) is 5.75 Å². The zero-order chi connectivity index (χ0) is 10.9. The highest BCUT2D eigenvalue weighted by atomic mass is 16.6. The number of amides is 1. The molecule has 1 N–H and O–H groups in total. The van der Waals surface area contributed by atoms with E-state index in [0.29, 0.717) is 6.61 Å². The van der Waals surface area contributed by atoms with Crippen molar-refractivity contribution in [2.24, 2.45) is 0 Å². The molecule has 15 heavy (non-hydrogen) atoms. The number of hydrogen-bond donors (Lipinski definition) is 1. The van der Waals surface area contributed by atoms with Crippen LogP contribution < -0.4 is 10.1 Å². The third kappa shape index (κ3) is 1.75. The zero-order valence-electron chi connectivity index (χ0n) is 8.74. The fraction of sp³-hybridized carbons (Fsp3) is 0.364. The topological polar surface area (TPSA) is 47.6 Å². The van der Waals surface area contributed by atoms with Crippen LogP contribution in [-0.2, 0) is 10.3 Å². The summed E-state index contributed by atoms with van der Waals surface area (Å²) in [6.45, 7) is 2.29. The fourth-order valence-electron chi connectivity index (χ4n) is 1.62. The highest BCUT2D eigenvalue weighted by molar-refractivity contribution is 5.71. The molecule has 0 bridgehead atoms. The summed E-state index contributed by atoms with van der Waals surface area (Å²) in [6.07, 6.45) is -0.367. The molecule has 1 aromatic carbocycles. The summed E-state index contributed by atoms with van der Waals surface area (Å²) in [6, 6.07) is 7.58. The molecular weight excluding hydrogens is 194 g/mol. The first-order valence-electron chi connectivity index (χ1n) is 4.73. The Morgan fingerprint density at radius 2 is 2.07 bits per heavy atom. The molecule has 4 heteroatoms. The van der Waals surface area contributed by atoms with E-state index in [1.54, 1.807) is 7.11 Å². The van der Waals surface area contributed by atoms with Gasteiger partial charge in [-0.25, -0.2) is 4.79 Å². The molecule has 1 heterocycles. The van der Waals surface area contributed by atoms with Gasteiger partial charge in [0.1, 0.15) is 12.4 Å². The lowest BCUT2D eigenvalue weighted by Gasteiger charge is -2.21.